The van der Waals surface area contributed by atoms with Gasteiger partial charge in [0.2, 0.25) is 0 Å². The van der Waals surface area contributed by atoms with Gasteiger partial charge in [0, 0.05) is 11.3 Å². The van der Waals surface area contributed by atoms with Crippen molar-refractivity contribution in [1.29, 1.82) is 0 Å². The molecule has 0 aliphatic carbocycles. The molecule has 0 bridgehead atoms. The van der Waals surface area contributed by atoms with Crippen LogP contribution in [0, 0.1) is 5.82 Å². The zero-order valence-corrected chi connectivity index (χ0v) is 8.98. The number of alkyl halides is 3. The van der Waals surface area contributed by atoms with Gasteiger partial charge in [0.15, 0.2) is 0 Å². The van der Waals surface area contributed by atoms with Crippen LogP contribution in [0.2, 0.25) is 0 Å². The Kier molecular flexibility index (Phi) is 3.47. The fourth-order valence-electron chi connectivity index (χ4n) is 1.26. The monoisotopic (exact) mass is 249 g/mol. The summed E-state index contributed by atoms with van der Waals surface area (Å²) in [7, 11) is 0. The lowest BCUT2D eigenvalue weighted by atomic mass is 9.95. The average molecular weight is 249 g/mol. The summed E-state index contributed by atoms with van der Waals surface area (Å²) in [5.41, 5.74) is -2.36. The third-order valence-electron chi connectivity index (χ3n) is 2.20. The van der Waals surface area contributed by atoms with Crippen LogP contribution in [-0.4, -0.2) is 11.4 Å². The Hall–Kier alpha value is -1.56. The van der Waals surface area contributed by atoms with Crippen LogP contribution in [0.3, 0.4) is 0 Å². The molecule has 0 radical (unpaired) electrons. The second kappa shape index (κ2) is 4.37. The number of benzene rings is 1. The van der Waals surface area contributed by atoms with E-state index in [0.717, 1.165) is 24.3 Å². The van der Waals surface area contributed by atoms with Crippen LogP contribution in [0.1, 0.15) is 12.5 Å². The van der Waals surface area contributed by atoms with E-state index < -0.39 is 17.7 Å². The van der Waals surface area contributed by atoms with E-state index in [1.807, 2.05) is 0 Å². The molecule has 0 heterocycles. The maximum atomic E-state index is 13.4. The predicted octanol–water partition coefficient (Wildman–Crippen LogP) is 3.15. The van der Waals surface area contributed by atoms with Crippen molar-refractivity contribution in [3.8, 4) is 0 Å². The minimum atomic E-state index is -4.62. The Morgan fingerprint density at radius 3 is 2.41 bits per heavy atom. The second-order valence-corrected chi connectivity index (χ2v) is 3.67. The molecule has 0 fully saturated rings. The second-order valence-electron chi connectivity index (χ2n) is 3.67. The molecule has 0 spiro atoms. The van der Waals surface area contributed by atoms with Crippen LogP contribution >= 0.6 is 0 Å². The quantitative estimate of drug-likeness (QED) is 0.490. The molecule has 1 aromatic carbocycles. The summed E-state index contributed by atoms with van der Waals surface area (Å²) in [6, 6.07) is 2.68. The normalized spacial score (nSPS) is 15.2. The van der Waals surface area contributed by atoms with E-state index in [2.05, 4.69) is 6.58 Å². The lowest BCUT2D eigenvalue weighted by Crippen LogP contribution is -2.23. The largest absolute Gasteiger partial charge is 0.482 e. The predicted molar refractivity (Wildman–Crippen MR) is 55.8 cm³/mol. The van der Waals surface area contributed by atoms with Crippen molar-refractivity contribution < 1.29 is 22.7 Å². The molecular weight excluding hydrogens is 238 g/mol. The van der Waals surface area contributed by atoms with Crippen molar-refractivity contribution in [3.63, 3.8) is 0 Å². The number of halogens is 4. The van der Waals surface area contributed by atoms with Crippen molar-refractivity contribution in [2.45, 2.75) is 18.8 Å². The fourth-order valence-corrected chi connectivity index (χ4v) is 1.26. The maximum absolute atomic E-state index is 13.4. The van der Waals surface area contributed by atoms with E-state index in [4.69, 9.17) is 0 Å². The third-order valence-corrected chi connectivity index (χ3v) is 2.20. The van der Waals surface area contributed by atoms with E-state index in [0.29, 0.717) is 0 Å². The molecule has 17 heavy (non-hydrogen) atoms. The Balaban J connectivity index is 3.16. The number of aliphatic hydroxyl groups is 1. The first-order valence-electron chi connectivity index (χ1n) is 4.66. The molecule has 0 saturated heterocycles. The van der Waals surface area contributed by atoms with Crippen molar-refractivity contribution in [2.24, 2.45) is 0 Å². The van der Waals surface area contributed by atoms with Gasteiger partial charge in [-0.25, -0.2) is 4.39 Å². The van der Waals surface area contributed by atoms with E-state index >= 15 is 0 Å². The summed E-state index contributed by atoms with van der Waals surface area (Å²) in [4.78, 5) is 0. The van der Waals surface area contributed by atoms with Crippen molar-refractivity contribution in [2.75, 3.05) is 5.32 Å². The summed E-state index contributed by atoms with van der Waals surface area (Å²) in [5.74, 6) is -0.803. The summed E-state index contributed by atoms with van der Waals surface area (Å²) >= 11 is 0. The topological polar surface area (TPSA) is 32.3 Å². The van der Waals surface area contributed by atoms with E-state index in [9.17, 15) is 22.7 Å². The molecule has 2 nitrogen and oxygen atoms in total. The molecule has 1 aromatic rings. The molecule has 0 amide bonds. The van der Waals surface area contributed by atoms with Crippen LogP contribution in [0.5, 0.6) is 0 Å². The van der Waals surface area contributed by atoms with Gasteiger partial charge in [-0.1, -0.05) is 12.7 Å². The average Bonchev–Trinajstić information content (AvgIpc) is 2.18. The molecule has 94 valence electrons. The molecule has 0 saturated carbocycles. The molecule has 1 rings (SSSR count). The van der Waals surface area contributed by atoms with Gasteiger partial charge in [0.1, 0.15) is 11.4 Å². The molecule has 1 unspecified atom stereocenters. The molecule has 0 aliphatic rings. The SMILES string of the molecule is C=CC(C)(O)c1cc(NC(F)(F)F)ccc1F. The van der Waals surface area contributed by atoms with Crippen LogP contribution in [0.4, 0.5) is 23.2 Å². The Bertz CT molecular complexity index is 426. The first kappa shape index (κ1) is 13.5. The van der Waals surface area contributed by atoms with Gasteiger partial charge >= 0.3 is 6.30 Å². The van der Waals surface area contributed by atoms with Gasteiger partial charge in [-0.15, -0.1) is 0 Å². The lowest BCUT2D eigenvalue weighted by molar-refractivity contribution is -0.0999. The molecule has 2 N–H and O–H groups in total. The Morgan fingerprint density at radius 1 is 1.35 bits per heavy atom. The summed E-state index contributed by atoms with van der Waals surface area (Å²) in [5, 5.41) is 11.0. The first-order chi connectivity index (χ1) is 7.65. The number of anilines is 1. The van der Waals surface area contributed by atoms with Crippen molar-refractivity contribution in [3.05, 3.63) is 42.2 Å². The Morgan fingerprint density at radius 2 is 1.94 bits per heavy atom. The van der Waals surface area contributed by atoms with E-state index in [1.165, 1.54) is 12.2 Å². The fraction of sp³-hybridized carbons (Fsp3) is 0.273. The highest BCUT2D eigenvalue weighted by molar-refractivity contribution is 5.49. The first-order valence-corrected chi connectivity index (χ1v) is 4.66. The summed E-state index contributed by atoms with van der Waals surface area (Å²) in [6.45, 7) is 4.53. The highest BCUT2D eigenvalue weighted by atomic mass is 19.4. The molecule has 6 heteroatoms. The van der Waals surface area contributed by atoms with Gasteiger partial charge in [-0.3, -0.25) is 5.32 Å². The molecular formula is C11H11F4NO. The number of rotatable bonds is 3. The molecule has 0 aliphatic heterocycles. The minimum absolute atomic E-state index is 0.276. The zero-order valence-electron chi connectivity index (χ0n) is 8.98. The van der Waals surface area contributed by atoms with E-state index in [-0.39, 0.29) is 11.3 Å². The van der Waals surface area contributed by atoms with Crippen LogP contribution in [-0.2, 0) is 5.60 Å². The maximum Gasteiger partial charge on any atom is 0.482 e. The van der Waals surface area contributed by atoms with Gasteiger partial charge in [0.05, 0.1) is 0 Å². The highest BCUT2D eigenvalue weighted by Crippen LogP contribution is 2.29. The lowest BCUT2D eigenvalue weighted by Gasteiger charge is -2.21. The summed E-state index contributed by atoms with van der Waals surface area (Å²) in [6.07, 6.45) is -3.57. The molecule has 0 aromatic heterocycles. The number of hydrogen-bond acceptors (Lipinski definition) is 2. The van der Waals surface area contributed by atoms with Crippen molar-refractivity contribution in [1.82, 2.24) is 0 Å². The van der Waals surface area contributed by atoms with Crippen LogP contribution in [0.15, 0.2) is 30.9 Å². The zero-order chi connectivity index (χ0) is 13.3. The standard InChI is InChI=1S/C11H11F4NO/c1-3-10(2,17)8-6-7(4-5-9(8)12)16-11(13,14)15/h3-6,16-17H,1H2,2H3. The van der Waals surface area contributed by atoms with Gasteiger partial charge in [-0.2, -0.15) is 13.2 Å². The van der Waals surface area contributed by atoms with Gasteiger partial charge < -0.3 is 5.11 Å². The van der Waals surface area contributed by atoms with Crippen LogP contribution in [0.25, 0.3) is 0 Å². The van der Waals surface area contributed by atoms with Crippen LogP contribution < -0.4 is 5.32 Å². The van der Waals surface area contributed by atoms with E-state index in [1.54, 1.807) is 0 Å². The van der Waals surface area contributed by atoms with Gasteiger partial charge in [-0.05, 0) is 25.1 Å². The number of nitrogens with one attached hydrogen (secondary N) is 1. The molecule has 1 atom stereocenters. The number of hydrogen-bond donors (Lipinski definition) is 2. The summed E-state index contributed by atoms with van der Waals surface area (Å²) < 4.78 is 49.6. The highest BCUT2D eigenvalue weighted by Gasteiger charge is 2.29. The minimum Gasteiger partial charge on any atom is -0.381 e. The van der Waals surface area contributed by atoms with Crippen molar-refractivity contribution >= 4 is 5.69 Å². The van der Waals surface area contributed by atoms with Gasteiger partial charge in [0.25, 0.3) is 0 Å². The Labute approximate surface area is 95.6 Å². The third kappa shape index (κ3) is 3.45. The smallest absolute Gasteiger partial charge is 0.381 e.